The molecule has 0 saturated heterocycles. The second-order valence-corrected chi connectivity index (χ2v) is 4.20. The van der Waals surface area contributed by atoms with E-state index in [9.17, 15) is 5.26 Å². The lowest BCUT2D eigenvalue weighted by molar-refractivity contribution is 0.246. The summed E-state index contributed by atoms with van der Waals surface area (Å²) in [6.45, 7) is -0.175. The van der Waals surface area contributed by atoms with Gasteiger partial charge in [-0.25, -0.2) is 0 Å². The number of allylic oxidation sites excluding steroid dienone is 1. The highest BCUT2D eigenvalue weighted by molar-refractivity contribution is 5.89. The Morgan fingerprint density at radius 3 is 2.57 bits per heavy atom. The van der Waals surface area contributed by atoms with E-state index >= 15 is 0 Å². The van der Waals surface area contributed by atoms with E-state index in [0.717, 1.165) is 0 Å². The quantitative estimate of drug-likeness (QED) is 0.855. The third kappa shape index (κ3) is 3.25. The standard InChI is InChI=1S/C16H15NO4/c1-19-15-6-3-11(8-16(15)20-2)12(9-17)7-13-4-5-14(10-18)21-13/h3-8,18H,10H2,1-2H3/b12-7+. The molecular weight excluding hydrogens is 270 g/mol. The van der Waals surface area contributed by atoms with Crippen molar-refractivity contribution in [2.75, 3.05) is 14.2 Å². The van der Waals surface area contributed by atoms with Gasteiger partial charge in [0.15, 0.2) is 11.5 Å². The molecule has 1 aromatic carbocycles. The van der Waals surface area contributed by atoms with Gasteiger partial charge in [-0.3, -0.25) is 0 Å². The van der Waals surface area contributed by atoms with Gasteiger partial charge in [0.25, 0.3) is 0 Å². The predicted molar refractivity (Wildman–Crippen MR) is 77.7 cm³/mol. The molecule has 0 amide bonds. The normalized spacial score (nSPS) is 11.0. The number of methoxy groups -OCH3 is 2. The molecule has 0 aliphatic rings. The number of nitrogens with zero attached hydrogens (tertiary/aromatic N) is 1. The fourth-order valence-corrected chi connectivity index (χ4v) is 1.88. The van der Waals surface area contributed by atoms with E-state index in [-0.39, 0.29) is 6.61 Å². The van der Waals surface area contributed by atoms with Crippen molar-refractivity contribution >= 4 is 11.6 Å². The number of hydrogen-bond donors (Lipinski definition) is 1. The SMILES string of the molecule is COc1ccc(/C(C#N)=C/c2ccc(CO)o2)cc1OC. The summed E-state index contributed by atoms with van der Waals surface area (Å²) in [6, 6.07) is 10.7. The molecule has 0 aliphatic heterocycles. The van der Waals surface area contributed by atoms with Crippen LogP contribution in [0.4, 0.5) is 0 Å². The summed E-state index contributed by atoms with van der Waals surface area (Å²) in [5, 5.41) is 18.3. The molecule has 0 fully saturated rings. The minimum Gasteiger partial charge on any atom is -0.493 e. The number of furan rings is 1. The van der Waals surface area contributed by atoms with Crippen LogP contribution in [0, 0.1) is 11.3 Å². The van der Waals surface area contributed by atoms with Gasteiger partial charge in [-0.2, -0.15) is 5.26 Å². The minimum atomic E-state index is -0.175. The van der Waals surface area contributed by atoms with E-state index in [1.54, 1.807) is 43.5 Å². The molecule has 0 atom stereocenters. The molecule has 0 saturated carbocycles. The number of nitriles is 1. The van der Waals surface area contributed by atoms with E-state index in [4.69, 9.17) is 19.0 Å². The monoisotopic (exact) mass is 285 g/mol. The Bertz CT molecular complexity index is 695. The molecule has 0 spiro atoms. The summed E-state index contributed by atoms with van der Waals surface area (Å²) < 4.78 is 15.7. The molecule has 0 unspecified atom stereocenters. The molecule has 108 valence electrons. The maximum Gasteiger partial charge on any atom is 0.161 e. The second kappa shape index (κ2) is 6.64. The Kier molecular flexibility index (Phi) is 4.64. The first kappa shape index (κ1) is 14.7. The second-order valence-electron chi connectivity index (χ2n) is 4.20. The van der Waals surface area contributed by atoms with Crippen molar-refractivity contribution in [3.8, 4) is 17.6 Å². The van der Waals surface area contributed by atoms with Crippen LogP contribution in [-0.4, -0.2) is 19.3 Å². The molecular formula is C16H15NO4. The van der Waals surface area contributed by atoms with Crippen molar-refractivity contribution in [3.05, 3.63) is 47.4 Å². The summed E-state index contributed by atoms with van der Waals surface area (Å²) in [7, 11) is 3.09. The summed E-state index contributed by atoms with van der Waals surface area (Å²) in [5.74, 6) is 2.10. The van der Waals surface area contributed by atoms with E-state index < -0.39 is 0 Å². The molecule has 1 N–H and O–H groups in total. The third-order valence-electron chi connectivity index (χ3n) is 2.94. The average Bonchev–Trinajstić information content (AvgIpc) is 2.99. The zero-order chi connectivity index (χ0) is 15.2. The maximum absolute atomic E-state index is 9.31. The number of aliphatic hydroxyl groups excluding tert-OH is 1. The fraction of sp³-hybridized carbons (Fsp3) is 0.188. The summed E-state index contributed by atoms with van der Waals surface area (Å²) in [4.78, 5) is 0. The zero-order valence-corrected chi connectivity index (χ0v) is 11.8. The van der Waals surface area contributed by atoms with Crippen LogP contribution in [0.15, 0.2) is 34.7 Å². The number of rotatable bonds is 5. The van der Waals surface area contributed by atoms with E-state index in [1.165, 1.54) is 7.11 Å². The van der Waals surface area contributed by atoms with Crippen molar-refractivity contribution in [1.82, 2.24) is 0 Å². The van der Waals surface area contributed by atoms with Crippen LogP contribution in [0.3, 0.4) is 0 Å². The molecule has 0 radical (unpaired) electrons. The van der Waals surface area contributed by atoms with Gasteiger partial charge in [0.1, 0.15) is 18.1 Å². The molecule has 0 bridgehead atoms. The smallest absolute Gasteiger partial charge is 0.161 e. The van der Waals surface area contributed by atoms with Gasteiger partial charge < -0.3 is 19.0 Å². The maximum atomic E-state index is 9.31. The predicted octanol–water partition coefficient (Wildman–Crippen LogP) is 2.85. The lowest BCUT2D eigenvalue weighted by atomic mass is 10.1. The Labute approximate surface area is 122 Å². The van der Waals surface area contributed by atoms with Crippen LogP contribution in [0.1, 0.15) is 17.1 Å². The van der Waals surface area contributed by atoms with Gasteiger partial charge in [-0.15, -0.1) is 0 Å². The first-order valence-corrected chi connectivity index (χ1v) is 6.25. The lowest BCUT2D eigenvalue weighted by Crippen LogP contribution is -1.92. The summed E-state index contributed by atoms with van der Waals surface area (Å²) in [5.41, 5.74) is 1.12. The van der Waals surface area contributed by atoms with Crippen LogP contribution in [0.25, 0.3) is 11.6 Å². The fourth-order valence-electron chi connectivity index (χ4n) is 1.88. The molecule has 2 aromatic rings. The summed E-state index contributed by atoms with van der Waals surface area (Å²) in [6.07, 6.45) is 1.61. The molecule has 0 aliphatic carbocycles. The number of ether oxygens (including phenoxy) is 2. The van der Waals surface area contributed by atoms with Crippen LogP contribution < -0.4 is 9.47 Å². The van der Waals surface area contributed by atoms with Gasteiger partial charge in [0, 0.05) is 0 Å². The van der Waals surface area contributed by atoms with Crippen LogP contribution in [0.2, 0.25) is 0 Å². The first-order valence-electron chi connectivity index (χ1n) is 6.25. The van der Waals surface area contributed by atoms with Crippen LogP contribution in [-0.2, 0) is 6.61 Å². The van der Waals surface area contributed by atoms with Gasteiger partial charge in [0.05, 0.1) is 25.9 Å². The minimum absolute atomic E-state index is 0.175. The average molecular weight is 285 g/mol. The zero-order valence-electron chi connectivity index (χ0n) is 11.8. The van der Waals surface area contributed by atoms with Gasteiger partial charge in [-0.1, -0.05) is 0 Å². The highest BCUT2D eigenvalue weighted by Crippen LogP contribution is 2.31. The van der Waals surface area contributed by atoms with E-state index in [0.29, 0.717) is 34.2 Å². The van der Waals surface area contributed by atoms with Gasteiger partial charge in [0.2, 0.25) is 0 Å². The Balaban J connectivity index is 2.39. The summed E-state index contributed by atoms with van der Waals surface area (Å²) >= 11 is 0. The van der Waals surface area contributed by atoms with E-state index in [1.807, 2.05) is 0 Å². The van der Waals surface area contributed by atoms with Crippen molar-refractivity contribution in [3.63, 3.8) is 0 Å². The third-order valence-corrected chi connectivity index (χ3v) is 2.94. The van der Waals surface area contributed by atoms with Gasteiger partial charge >= 0.3 is 0 Å². The Morgan fingerprint density at radius 2 is 2.00 bits per heavy atom. The molecule has 5 heteroatoms. The van der Waals surface area contributed by atoms with Crippen molar-refractivity contribution < 1.29 is 19.0 Å². The largest absolute Gasteiger partial charge is 0.493 e. The van der Waals surface area contributed by atoms with Crippen LogP contribution in [0.5, 0.6) is 11.5 Å². The van der Waals surface area contributed by atoms with E-state index in [2.05, 4.69) is 6.07 Å². The number of hydrogen-bond acceptors (Lipinski definition) is 5. The molecule has 5 nitrogen and oxygen atoms in total. The highest BCUT2D eigenvalue weighted by Gasteiger charge is 2.09. The lowest BCUT2D eigenvalue weighted by Gasteiger charge is -2.08. The Hall–Kier alpha value is -2.71. The number of aliphatic hydroxyl groups is 1. The number of benzene rings is 1. The first-order chi connectivity index (χ1) is 10.2. The topological polar surface area (TPSA) is 75.6 Å². The van der Waals surface area contributed by atoms with Crippen molar-refractivity contribution in [2.45, 2.75) is 6.61 Å². The molecule has 2 rings (SSSR count). The van der Waals surface area contributed by atoms with Crippen molar-refractivity contribution in [2.24, 2.45) is 0 Å². The highest BCUT2D eigenvalue weighted by atomic mass is 16.5. The molecule has 1 heterocycles. The Morgan fingerprint density at radius 1 is 1.24 bits per heavy atom. The van der Waals surface area contributed by atoms with Gasteiger partial charge in [-0.05, 0) is 42.0 Å². The molecule has 1 aromatic heterocycles. The molecule has 21 heavy (non-hydrogen) atoms. The van der Waals surface area contributed by atoms with Crippen LogP contribution >= 0.6 is 0 Å². The van der Waals surface area contributed by atoms with Crippen molar-refractivity contribution in [1.29, 1.82) is 5.26 Å².